The fraction of sp³-hybridized carbons (Fsp3) is 0.600. The van der Waals surface area contributed by atoms with Gasteiger partial charge in [0.2, 0.25) is 0 Å². The molecule has 0 aliphatic carbocycles. The summed E-state index contributed by atoms with van der Waals surface area (Å²) in [6, 6.07) is 6.19. The third-order valence-electron chi connectivity index (χ3n) is 3.29. The Morgan fingerprint density at radius 3 is 2.50 bits per heavy atom. The zero-order valence-electron chi connectivity index (χ0n) is 11.7. The van der Waals surface area contributed by atoms with Gasteiger partial charge in [0.1, 0.15) is 5.75 Å². The normalized spacial score (nSPS) is 18.3. The van der Waals surface area contributed by atoms with Gasteiger partial charge in [-0.15, -0.1) is 0 Å². The molecule has 0 atom stereocenters. The molecule has 1 heterocycles. The molecule has 1 aliphatic heterocycles. The quantitative estimate of drug-likeness (QED) is 0.819. The summed E-state index contributed by atoms with van der Waals surface area (Å²) < 4.78 is 17.1. The fourth-order valence-corrected chi connectivity index (χ4v) is 2.25. The van der Waals surface area contributed by atoms with Crippen LogP contribution in [0.1, 0.15) is 44.7 Å². The molecule has 0 saturated carbocycles. The Bertz CT molecular complexity index is 406. The van der Waals surface area contributed by atoms with E-state index in [1.54, 1.807) is 0 Å². The van der Waals surface area contributed by atoms with Gasteiger partial charge in [0.05, 0.1) is 19.8 Å². The summed E-state index contributed by atoms with van der Waals surface area (Å²) in [5.41, 5.74) is 2.27. The number of hydrogen-bond acceptors (Lipinski definition) is 3. The van der Waals surface area contributed by atoms with Gasteiger partial charge in [0, 0.05) is 5.56 Å². The zero-order valence-corrected chi connectivity index (χ0v) is 11.7. The van der Waals surface area contributed by atoms with Crippen LogP contribution >= 0.6 is 0 Å². The fourth-order valence-electron chi connectivity index (χ4n) is 2.25. The van der Waals surface area contributed by atoms with Gasteiger partial charge < -0.3 is 14.2 Å². The maximum atomic E-state index is 5.70. The van der Waals surface area contributed by atoms with E-state index in [0.717, 1.165) is 11.3 Å². The second-order valence-corrected chi connectivity index (χ2v) is 4.98. The lowest BCUT2D eigenvalue weighted by molar-refractivity contribution is -0.149. The minimum atomic E-state index is -0.603. The van der Waals surface area contributed by atoms with Gasteiger partial charge in [0.25, 0.3) is 0 Å². The molecule has 0 N–H and O–H groups in total. The standard InChI is InChI=1S/C15H22O3/c1-5-16-14-7-6-12(10-13(14)11(2)3)15(4)17-8-9-18-15/h6-7,10-11H,5,8-9H2,1-4H3. The minimum absolute atomic E-state index is 0.413. The summed E-state index contributed by atoms with van der Waals surface area (Å²) in [6.07, 6.45) is 0. The van der Waals surface area contributed by atoms with Crippen LogP contribution in [0.3, 0.4) is 0 Å². The predicted octanol–water partition coefficient (Wildman–Crippen LogP) is 3.43. The highest BCUT2D eigenvalue weighted by molar-refractivity contribution is 5.40. The highest BCUT2D eigenvalue weighted by atomic mass is 16.7. The van der Waals surface area contributed by atoms with Crippen LogP contribution in [0.15, 0.2) is 18.2 Å². The van der Waals surface area contributed by atoms with Crippen molar-refractivity contribution in [3.8, 4) is 5.75 Å². The summed E-state index contributed by atoms with van der Waals surface area (Å²) in [6.45, 7) is 10.3. The highest BCUT2D eigenvalue weighted by Crippen LogP contribution is 2.35. The van der Waals surface area contributed by atoms with E-state index in [9.17, 15) is 0 Å². The lowest BCUT2D eigenvalue weighted by Gasteiger charge is -2.24. The van der Waals surface area contributed by atoms with Crippen LogP contribution in [0, 0.1) is 0 Å². The first-order chi connectivity index (χ1) is 8.57. The first-order valence-corrected chi connectivity index (χ1v) is 6.62. The third kappa shape index (κ3) is 2.52. The van der Waals surface area contributed by atoms with Crippen LogP contribution in [0.2, 0.25) is 0 Å². The molecule has 1 aromatic rings. The van der Waals surface area contributed by atoms with Crippen molar-refractivity contribution in [2.24, 2.45) is 0 Å². The Morgan fingerprint density at radius 2 is 1.94 bits per heavy atom. The Balaban J connectivity index is 2.36. The molecule has 0 radical (unpaired) electrons. The lowest BCUT2D eigenvalue weighted by Crippen LogP contribution is -2.22. The van der Waals surface area contributed by atoms with Gasteiger partial charge in [0.15, 0.2) is 5.79 Å². The van der Waals surface area contributed by atoms with E-state index in [0.29, 0.717) is 25.7 Å². The van der Waals surface area contributed by atoms with Gasteiger partial charge in [-0.2, -0.15) is 0 Å². The van der Waals surface area contributed by atoms with Crippen LogP contribution in [0.25, 0.3) is 0 Å². The van der Waals surface area contributed by atoms with Crippen molar-refractivity contribution in [2.75, 3.05) is 19.8 Å². The molecule has 0 amide bonds. The van der Waals surface area contributed by atoms with Crippen LogP contribution in [-0.4, -0.2) is 19.8 Å². The first kappa shape index (κ1) is 13.4. The van der Waals surface area contributed by atoms with Crippen molar-refractivity contribution in [3.05, 3.63) is 29.3 Å². The molecular weight excluding hydrogens is 228 g/mol. The van der Waals surface area contributed by atoms with Gasteiger partial charge in [-0.1, -0.05) is 13.8 Å². The van der Waals surface area contributed by atoms with E-state index in [2.05, 4.69) is 19.9 Å². The number of rotatable bonds is 4. The Kier molecular flexibility index (Phi) is 3.93. The molecule has 1 fully saturated rings. The molecular formula is C15H22O3. The van der Waals surface area contributed by atoms with E-state index in [1.165, 1.54) is 5.56 Å². The maximum Gasteiger partial charge on any atom is 0.192 e. The second-order valence-electron chi connectivity index (χ2n) is 4.98. The molecule has 3 heteroatoms. The molecule has 1 saturated heterocycles. The first-order valence-electron chi connectivity index (χ1n) is 6.62. The van der Waals surface area contributed by atoms with E-state index in [1.807, 2.05) is 26.0 Å². The second kappa shape index (κ2) is 5.29. The molecule has 0 unspecified atom stereocenters. The molecule has 1 aromatic carbocycles. The molecule has 3 nitrogen and oxygen atoms in total. The predicted molar refractivity (Wildman–Crippen MR) is 71.0 cm³/mol. The minimum Gasteiger partial charge on any atom is -0.494 e. The monoisotopic (exact) mass is 250 g/mol. The molecule has 100 valence electrons. The molecule has 0 aromatic heterocycles. The average Bonchev–Trinajstić information content (AvgIpc) is 2.78. The van der Waals surface area contributed by atoms with Crippen molar-refractivity contribution in [3.63, 3.8) is 0 Å². The van der Waals surface area contributed by atoms with Crippen LogP contribution in [0.5, 0.6) is 5.75 Å². The molecule has 0 spiro atoms. The zero-order chi connectivity index (χ0) is 13.2. The molecule has 2 rings (SSSR count). The SMILES string of the molecule is CCOc1ccc(C2(C)OCCO2)cc1C(C)C. The Hall–Kier alpha value is -1.06. The van der Waals surface area contributed by atoms with Crippen molar-refractivity contribution in [1.29, 1.82) is 0 Å². The number of hydrogen-bond donors (Lipinski definition) is 0. The summed E-state index contributed by atoms with van der Waals surface area (Å²) in [5.74, 6) is 0.767. The van der Waals surface area contributed by atoms with Crippen molar-refractivity contribution < 1.29 is 14.2 Å². The third-order valence-corrected chi connectivity index (χ3v) is 3.29. The van der Waals surface area contributed by atoms with Gasteiger partial charge in [-0.3, -0.25) is 0 Å². The molecule has 18 heavy (non-hydrogen) atoms. The van der Waals surface area contributed by atoms with Crippen LogP contribution < -0.4 is 4.74 Å². The maximum absolute atomic E-state index is 5.70. The van der Waals surface area contributed by atoms with Gasteiger partial charge >= 0.3 is 0 Å². The number of ether oxygens (including phenoxy) is 3. The van der Waals surface area contributed by atoms with E-state index in [4.69, 9.17) is 14.2 Å². The molecule has 1 aliphatic rings. The van der Waals surface area contributed by atoms with Crippen molar-refractivity contribution >= 4 is 0 Å². The topological polar surface area (TPSA) is 27.7 Å². The summed E-state index contributed by atoms with van der Waals surface area (Å²) in [7, 11) is 0. The Labute approximate surface area is 109 Å². The van der Waals surface area contributed by atoms with E-state index >= 15 is 0 Å². The Morgan fingerprint density at radius 1 is 1.28 bits per heavy atom. The smallest absolute Gasteiger partial charge is 0.192 e. The van der Waals surface area contributed by atoms with Gasteiger partial charge in [-0.05, 0) is 43.5 Å². The highest BCUT2D eigenvalue weighted by Gasteiger charge is 2.33. The summed E-state index contributed by atoms with van der Waals surface area (Å²) >= 11 is 0. The summed E-state index contributed by atoms with van der Waals surface area (Å²) in [4.78, 5) is 0. The van der Waals surface area contributed by atoms with Crippen LogP contribution in [-0.2, 0) is 15.3 Å². The van der Waals surface area contributed by atoms with Crippen molar-refractivity contribution in [1.82, 2.24) is 0 Å². The van der Waals surface area contributed by atoms with E-state index < -0.39 is 5.79 Å². The lowest BCUT2D eigenvalue weighted by atomic mass is 9.96. The van der Waals surface area contributed by atoms with Crippen LogP contribution in [0.4, 0.5) is 0 Å². The van der Waals surface area contributed by atoms with Gasteiger partial charge in [-0.25, -0.2) is 0 Å². The van der Waals surface area contributed by atoms with Crippen molar-refractivity contribution in [2.45, 2.75) is 39.4 Å². The average molecular weight is 250 g/mol. The largest absolute Gasteiger partial charge is 0.494 e. The number of benzene rings is 1. The van der Waals surface area contributed by atoms with E-state index in [-0.39, 0.29) is 0 Å². The summed E-state index contributed by atoms with van der Waals surface area (Å²) in [5, 5.41) is 0. The molecule has 0 bridgehead atoms.